The minimum atomic E-state index is 0.274. The van der Waals surface area contributed by atoms with Gasteiger partial charge < -0.3 is 10.6 Å². The average Bonchev–Trinajstić information content (AvgIpc) is 3.24. The first-order valence-corrected chi connectivity index (χ1v) is 19.6. The van der Waals surface area contributed by atoms with Crippen molar-refractivity contribution < 1.29 is 0 Å². The van der Waals surface area contributed by atoms with Gasteiger partial charge in [-0.05, 0) is 96.6 Å². The summed E-state index contributed by atoms with van der Waals surface area (Å²) >= 11 is 0. The lowest BCUT2D eigenvalue weighted by molar-refractivity contribution is 0.328. The number of rotatable bonds is 10. The molecule has 264 valence electrons. The lowest BCUT2D eigenvalue weighted by Crippen LogP contribution is -2.36. The number of nitrogens with one attached hydrogen (secondary N) is 2. The van der Waals surface area contributed by atoms with Crippen LogP contribution in [0.5, 0.6) is 0 Å². The molecule has 0 saturated heterocycles. The SMILES string of the molecule is c1ccc(C2CCC(NC(c3ccccc3)c3ccccc3)CC2)cc1.c1ccc(C2CCC(NC(c3ccccc3)c3ccccc3)CC2)cc1. The Balaban J connectivity index is 0.000000162. The van der Waals surface area contributed by atoms with Gasteiger partial charge >= 0.3 is 0 Å². The molecule has 0 unspecified atom stereocenters. The molecule has 0 bridgehead atoms. The van der Waals surface area contributed by atoms with Crippen LogP contribution in [0.15, 0.2) is 182 Å². The molecule has 0 amide bonds. The fourth-order valence-electron chi connectivity index (χ4n) is 8.46. The summed E-state index contributed by atoms with van der Waals surface area (Å²) in [5.41, 5.74) is 8.42. The molecule has 8 rings (SSSR count). The topological polar surface area (TPSA) is 24.1 Å². The first-order valence-electron chi connectivity index (χ1n) is 19.6. The number of hydrogen-bond acceptors (Lipinski definition) is 2. The van der Waals surface area contributed by atoms with E-state index in [0.717, 1.165) is 11.8 Å². The second-order valence-electron chi connectivity index (χ2n) is 14.8. The smallest absolute Gasteiger partial charge is 0.0578 e. The normalized spacial score (nSPS) is 20.2. The Morgan fingerprint density at radius 2 is 0.519 bits per heavy atom. The van der Waals surface area contributed by atoms with Gasteiger partial charge in [0.25, 0.3) is 0 Å². The van der Waals surface area contributed by atoms with Gasteiger partial charge in [0.1, 0.15) is 0 Å². The Bertz CT molecular complexity index is 1610. The minimum Gasteiger partial charge on any atom is -0.303 e. The highest BCUT2D eigenvalue weighted by Crippen LogP contribution is 2.36. The Labute approximate surface area is 312 Å². The van der Waals surface area contributed by atoms with Gasteiger partial charge in [0, 0.05) is 12.1 Å². The van der Waals surface area contributed by atoms with Crippen LogP contribution in [0.3, 0.4) is 0 Å². The minimum absolute atomic E-state index is 0.274. The number of benzene rings is 6. The van der Waals surface area contributed by atoms with Gasteiger partial charge in [-0.15, -0.1) is 0 Å². The van der Waals surface area contributed by atoms with E-state index in [0.29, 0.717) is 12.1 Å². The molecule has 2 nitrogen and oxygen atoms in total. The van der Waals surface area contributed by atoms with E-state index in [1.165, 1.54) is 84.7 Å². The molecule has 6 aromatic carbocycles. The van der Waals surface area contributed by atoms with Gasteiger partial charge in [-0.3, -0.25) is 0 Å². The summed E-state index contributed by atoms with van der Waals surface area (Å²) in [4.78, 5) is 0. The highest BCUT2D eigenvalue weighted by atomic mass is 15.0. The van der Waals surface area contributed by atoms with Crippen LogP contribution in [-0.2, 0) is 0 Å². The summed E-state index contributed by atoms with van der Waals surface area (Å²) in [7, 11) is 0. The molecule has 0 heterocycles. The van der Waals surface area contributed by atoms with E-state index >= 15 is 0 Å². The molecule has 0 atom stereocenters. The highest BCUT2D eigenvalue weighted by Gasteiger charge is 2.26. The van der Waals surface area contributed by atoms with E-state index in [-0.39, 0.29) is 12.1 Å². The van der Waals surface area contributed by atoms with Crippen molar-refractivity contribution in [2.75, 3.05) is 0 Å². The van der Waals surface area contributed by atoms with E-state index in [9.17, 15) is 0 Å². The Hall–Kier alpha value is -4.76. The van der Waals surface area contributed by atoms with E-state index in [4.69, 9.17) is 0 Å². The molecule has 2 fully saturated rings. The molecule has 2 aliphatic carbocycles. The third kappa shape index (κ3) is 9.76. The van der Waals surface area contributed by atoms with Crippen LogP contribution in [-0.4, -0.2) is 12.1 Å². The largest absolute Gasteiger partial charge is 0.303 e. The van der Waals surface area contributed by atoms with Crippen LogP contribution in [0, 0.1) is 0 Å². The lowest BCUT2D eigenvalue weighted by atomic mass is 9.81. The van der Waals surface area contributed by atoms with Gasteiger partial charge in [-0.2, -0.15) is 0 Å². The average molecular weight is 683 g/mol. The summed E-state index contributed by atoms with van der Waals surface area (Å²) in [6.07, 6.45) is 10.1. The molecule has 6 aromatic rings. The molecule has 52 heavy (non-hydrogen) atoms. The van der Waals surface area contributed by atoms with Crippen LogP contribution < -0.4 is 10.6 Å². The summed E-state index contributed by atoms with van der Waals surface area (Å²) in [6.45, 7) is 0. The molecule has 0 aliphatic heterocycles. The van der Waals surface area contributed by atoms with Crippen LogP contribution in [0.2, 0.25) is 0 Å². The van der Waals surface area contributed by atoms with Gasteiger partial charge in [-0.25, -0.2) is 0 Å². The first-order chi connectivity index (χ1) is 25.8. The van der Waals surface area contributed by atoms with E-state index in [1.807, 2.05) is 0 Å². The van der Waals surface area contributed by atoms with Gasteiger partial charge in [0.05, 0.1) is 12.1 Å². The van der Waals surface area contributed by atoms with Crippen LogP contribution in [0.1, 0.15) is 109 Å². The monoisotopic (exact) mass is 682 g/mol. The zero-order chi connectivity index (χ0) is 35.2. The molecular formula is C50H54N2. The zero-order valence-corrected chi connectivity index (χ0v) is 30.4. The molecule has 2 saturated carbocycles. The summed E-state index contributed by atoms with van der Waals surface area (Å²) in [5, 5.41) is 7.92. The maximum atomic E-state index is 3.96. The van der Waals surface area contributed by atoms with Gasteiger partial charge in [0.15, 0.2) is 0 Å². The summed E-state index contributed by atoms with van der Waals surface area (Å²) in [6, 6.07) is 67.1. The van der Waals surface area contributed by atoms with E-state index in [2.05, 4.69) is 193 Å². The summed E-state index contributed by atoms with van der Waals surface area (Å²) in [5.74, 6) is 1.45. The van der Waals surface area contributed by atoms with Crippen molar-refractivity contribution in [2.24, 2.45) is 0 Å². The van der Waals surface area contributed by atoms with Crippen molar-refractivity contribution in [3.63, 3.8) is 0 Å². The Morgan fingerprint density at radius 1 is 0.288 bits per heavy atom. The Kier molecular flexibility index (Phi) is 12.8. The van der Waals surface area contributed by atoms with E-state index in [1.54, 1.807) is 0 Å². The van der Waals surface area contributed by atoms with Gasteiger partial charge in [0.2, 0.25) is 0 Å². The maximum Gasteiger partial charge on any atom is 0.0578 e. The van der Waals surface area contributed by atoms with Crippen molar-refractivity contribution in [1.82, 2.24) is 10.6 Å². The third-order valence-corrected chi connectivity index (χ3v) is 11.3. The molecular weight excluding hydrogens is 629 g/mol. The van der Waals surface area contributed by atoms with E-state index < -0.39 is 0 Å². The first kappa shape index (κ1) is 35.6. The Morgan fingerprint density at radius 3 is 0.769 bits per heavy atom. The second kappa shape index (κ2) is 18.6. The molecule has 0 spiro atoms. The van der Waals surface area contributed by atoms with Crippen LogP contribution in [0.4, 0.5) is 0 Å². The lowest BCUT2D eigenvalue weighted by Gasteiger charge is -2.33. The number of hydrogen-bond donors (Lipinski definition) is 2. The molecule has 2 N–H and O–H groups in total. The van der Waals surface area contributed by atoms with Gasteiger partial charge in [-0.1, -0.05) is 182 Å². The predicted octanol–water partition coefficient (Wildman–Crippen LogP) is 12.2. The fraction of sp³-hybridized carbons (Fsp3) is 0.280. The van der Waals surface area contributed by atoms with Crippen molar-refractivity contribution in [1.29, 1.82) is 0 Å². The molecule has 2 heteroatoms. The standard InChI is InChI=1S/2C25H27N/c2*1-4-10-20(11-5-1)21-16-18-24(19-17-21)26-25(22-12-6-2-7-13-22)23-14-8-3-9-15-23/h2*1-15,21,24-26H,16-19H2. The fourth-order valence-corrected chi connectivity index (χ4v) is 8.46. The molecule has 0 radical (unpaired) electrons. The third-order valence-electron chi connectivity index (χ3n) is 11.3. The zero-order valence-electron chi connectivity index (χ0n) is 30.4. The van der Waals surface area contributed by atoms with Crippen molar-refractivity contribution >= 4 is 0 Å². The van der Waals surface area contributed by atoms with Crippen molar-refractivity contribution in [2.45, 2.75) is 87.4 Å². The predicted molar refractivity (Wildman–Crippen MR) is 219 cm³/mol. The molecule has 2 aliphatic rings. The maximum absolute atomic E-state index is 3.96. The molecule has 0 aromatic heterocycles. The van der Waals surface area contributed by atoms with Crippen LogP contribution >= 0.6 is 0 Å². The highest BCUT2D eigenvalue weighted by molar-refractivity contribution is 5.33. The van der Waals surface area contributed by atoms with Crippen LogP contribution in [0.25, 0.3) is 0 Å². The quantitative estimate of drug-likeness (QED) is 0.150. The van der Waals surface area contributed by atoms with Crippen molar-refractivity contribution in [3.8, 4) is 0 Å². The summed E-state index contributed by atoms with van der Waals surface area (Å²) < 4.78 is 0. The second-order valence-corrected chi connectivity index (χ2v) is 14.8. The van der Waals surface area contributed by atoms with Crippen molar-refractivity contribution in [3.05, 3.63) is 215 Å².